The Morgan fingerprint density at radius 3 is 2.26 bits per heavy atom. The molecule has 0 N–H and O–H groups in total. The van der Waals surface area contributed by atoms with Crippen LogP contribution in [0.15, 0.2) is 41.1 Å². The Labute approximate surface area is 136 Å². The zero-order valence-electron chi connectivity index (χ0n) is 12.8. The lowest BCUT2D eigenvalue weighted by atomic mass is 10.1. The van der Waals surface area contributed by atoms with E-state index >= 15 is 0 Å². The van der Waals surface area contributed by atoms with Gasteiger partial charge in [0.25, 0.3) is 5.91 Å². The van der Waals surface area contributed by atoms with Crippen molar-refractivity contribution in [3.8, 4) is 0 Å². The number of amides is 1. The van der Waals surface area contributed by atoms with Gasteiger partial charge in [-0.15, -0.1) is 0 Å². The molecule has 0 saturated heterocycles. The molecule has 2 aromatic rings. The number of halogens is 3. The fourth-order valence-corrected chi connectivity index (χ4v) is 2.76. The van der Waals surface area contributed by atoms with E-state index in [0.29, 0.717) is 5.56 Å². The Morgan fingerprint density at radius 1 is 1.13 bits per heavy atom. The second-order valence-corrected chi connectivity index (χ2v) is 6.13. The number of alkyl halides is 3. The van der Waals surface area contributed by atoms with Gasteiger partial charge in [0.1, 0.15) is 6.54 Å². The fourth-order valence-electron chi connectivity index (χ4n) is 2.10. The topological polar surface area (TPSA) is 23.6 Å². The monoisotopic (exact) mass is 342 g/mol. The van der Waals surface area contributed by atoms with Gasteiger partial charge >= 0.3 is 6.18 Å². The third-order valence-electron chi connectivity index (χ3n) is 3.24. The molecule has 2 rings (SSSR count). The molecule has 0 atom stereocenters. The van der Waals surface area contributed by atoms with Crippen LogP contribution in [0.5, 0.6) is 0 Å². The number of anilines is 1. The van der Waals surface area contributed by atoms with Crippen molar-refractivity contribution < 1.29 is 18.0 Å². The summed E-state index contributed by atoms with van der Waals surface area (Å²) in [6.07, 6.45) is -4.44. The van der Waals surface area contributed by atoms with E-state index in [1.165, 1.54) is 11.3 Å². The molecule has 0 unspecified atom stereocenters. The molecular weight excluding hydrogens is 325 g/mol. The van der Waals surface area contributed by atoms with E-state index in [2.05, 4.69) is 0 Å². The van der Waals surface area contributed by atoms with Gasteiger partial charge in [-0.1, -0.05) is 0 Å². The van der Waals surface area contributed by atoms with Crippen molar-refractivity contribution in [3.05, 3.63) is 52.2 Å². The summed E-state index contributed by atoms with van der Waals surface area (Å²) in [6.45, 7) is -1.33. The van der Waals surface area contributed by atoms with Crippen molar-refractivity contribution in [2.45, 2.75) is 12.7 Å². The van der Waals surface area contributed by atoms with E-state index in [0.717, 1.165) is 10.6 Å². The predicted molar refractivity (Wildman–Crippen MR) is 85.9 cm³/mol. The van der Waals surface area contributed by atoms with E-state index in [1.54, 1.807) is 41.1 Å². The van der Waals surface area contributed by atoms with E-state index in [1.807, 2.05) is 19.0 Å². The number of thiophene rings is 1. The van der Waals surface area contributed by atoms with Crippen LogP contribution < -0.4 is 4.90 Å². The van der Waals surface area contributed by atoms with E-state index in [4.69, 9.17) is 0 Å². The van der Waals surface area contributed by atoms with Gasteiger partial charge in [-0.2, -0.15) is 24.5 Å². The molecule has 1 heterocycles. The molecule has 0 aliphatic carbocycles. The molecular formula is C16H17F3N2OS. The summed E-state index contributed by atoms with van der Waals surface area (Å²) in [5, 5.41) is 3.52. The van der Waals surface area contributed by atoms with Crippen LogP contribution in [-0.4, -0.2) is 37.6 Å². The van der Waals surface area contributed by atoms with Gasteiger partial charge in [-0.25, -0.2) is 0 Å². The van der Waals surface area contributed by atoms with Crippen LogP contribution in [0.3, 0.4) is 0 Å². The van der Waals surface area contributed by atoms with Crippen LogP contribution >= 0.6 is 11.3 Å². The first-order valence-corrected chi connectivity index (χ1v) is 7.85. The quantitative estimate of drug-likeness (QED) is 0.819. The third kappa shape index (κ3) is 4.99. The number of hydrogen-bond donors (Lipinski definition) is 0. The summed E-state index contributed by atoms with van der Waals surface area (Å²) in [5.74, 6) is -0.626. The molecule has 3 nitrogen and oxygen atoms in total. The van der Waals surface area contributed by atoms with E-state index in [-0.39, 0.29) is 12.1 Å². The minimum Gasteiger partial charge on any atom is -0.378 e. The van der Waals surface area contributed by atoms with E-state index in [9.17, 15) is 18.0 Å². The maximum Gasteiger partial charge on any atom is 0.406 e. The molecule has 1 aromatic heterocycles. The molecule has 0 fully saturated rings. The van der Waals surface area contributed by atoms with Gasteiger partial charge < -0.3 is 9.80 Å². The van der Waals surface area contributed by atoms with Gasteiger partial charge in [0.05, 0.1) is 0 Å². The summed E-state index contributed by atoms with van der Waals surface area (Å²) < 4.78 is 38.3. The zero-order valence-corrected chi connectivity index (χ0v) is 13.6. The van der Waals surface area contributed by atoms with Gasteiger partial charge in [0.2, 0.25) is 0 Å². The Balaban J connectivity index is 2.21. The molecule has 0 spiro atoms. The standard InChI is InChI=1S/C16H17F3N2OS/c1-20(2)14-5-3-13(4-6-14)15(22)21(11-16(17,18)19)9-12-7-8-23-10-12/h3-8,10H,9,11H2,1-2H3. The van der Waals surface area contributed by atoms with Crippen LogP contribution in [-0.2, 0) is 6.54 Å². The number of carbonyl (C=O) groups excluding carboxylic acids is 1. The highest BCUT2D eigenvalue weighted by Gasteiger charge is 2.33. The van der Waals surface area contributed by atoms with Gasteiger partial charge in [-0.05, 0) is 46.7 Å². The number of nitrogens with zero attached hydrogens (tertiary/aromatic N) is 2. The SMILES string of the molecule is CN(C)c1ccc(C(=O)N(Cc2ccsc2)CC(F)(F)F)cc1. The first kappa shape index (κ1) is 17.3. The second kappa shape index (κ2) is 7.04. The molecule has 0 aliphatic heterocycles. The molecule has 1 amide bonds. The average Bonchev–Trinajstić information content (AvgIpc) is 2.97. The lowest BCUT2D eigenvalue weighted by Crippen LogP contribution is -2.38. The third-order valence-corrected chi connectivity index (χ3v) is 3.97. The van der Waals surface area contributed by atoms with Crippen LogP contribution in [0, 0.1) is 0 Å². The smallest absolute Gasteiger partial charge is 0.378 e. The van der Waals surface area contributed by atoms with Crippen LogP contribution in [0.4, 0.5) is 18.9 Å². The van der Waals surface area contributed by atoms with Crippen LogP contribution in [0.25, 0.3) is 0 Å². The highest BCUT2D eigenvalue weighted by atomic mass is 32.1. The molecule has 0 radical (unpaired) electrons. The van der Waals surface area contributed by atoms with Crippen molar-refractivity contribution in [2.24, 2.45) is 0 Å². The van der Waals surface area contributed by atoms with Crippen molar-refractivity contribution >= 4 is 22.9 Å². The highest BCUT2D eigenvalue weighted by Crippen LogP contribution is 2.22. The number of benzene rings is 1. The minimum atomic E-state index is -4.44. The average molecular weight is 342 g/mol. The largest absolute Gasteiger partial charge is 0.406 e. The Morgan fingerprint density at radius 2 is 1.78 bits per heavy atom. The molecule has 124 valence electrons. The first-order chi connectivity index (χ1) is 10.8. The van der Waals surface area contributed by atoms with Gasteiger partial charge in [0, 0.05) is 31.9 Å². The molecule has 0 aliphatic rings. The summed E-state index contributed by atoms with van der Waals surface area (Å²) in [4.78, 5) is 15.1. The number of carbonyl (C=O) groups is 1. The first-order valence-electron chi connectivity index (χ1n) is 6.91. The summed E-state index contributed by atoms with van der Waals surface area (Å²) in [6, 6.07) is 8.24. The fraction of sp³-hybridized carbons (Fsp3) is 0.312. The Hall–Kier alpha value is -2.02. The van der Waals surface area contributed by atoms with Crippen molar-refractivity contribution in [1.29, 1.82) is 0 Å². The molecule has 7 heteroatoms. The van der Waals surface area contributed by atoms with Crippen LogP contribution in [0.2, 0.25) is 0 Å². The van der Waals surface area contributed by atoms with Gasteiger partial charge in [-0.3, -0.25) is 4.79 Å². The minimum absolute atomic E-state index is 0.0583. The van der Waals surface area contributed by atoms with Crippen molar-refractivity contribution in [2.75, 3.05) is 25.5 Å². The normalized spacial score (nSPS) is 11.3. The lowest BCUT2D eigenvalue weighted by Gasteiger charge is -2.24. The molecule has 23 heavy (non-hydrogen) atoms. The van der Waals surface area contributed by atoms with Crippen molar-refractivity contribution in [3.63, 3.8) is 0 Å². The maximum absolute atomic E-state index is 12.8. The lowest BCUT2D eigenvalue weighted by molar-refractivity contribution is -0.141. The summed E-state index contributed by atoms with van der Waals surface area (Å²) >= 11 is 1.39. The van der Waals surface area contributed by atoms with Crippen molar-refractivity contribution in [1.82, 2.24) is 4.90 Å². The molecule has 0 bridgehead atoms. The summed E-state index contributed by atoms with van der Waals surface area (Å²) in [7, 11) is 3.70. The maximum atomic E-state index is 12.8. The number of rotatable bonds is 5. The van der Waals surface area contributed by atoms with Crippen LogP contribution in [0.1, 0.15) is 15.9 Å². The second-order valence-electron chi connectivity index (χ2n) is 5.35. The molecule has 1 aromatic carbocycles. The number of hydrogen-bond acceptors (Lipinski definition) is 3. The Kier molecular flexibility index (Phi) is 5.30. The molecule has 0 saturated carbocycles. The Bertz CT molecular complexity index is 636. The summed E-state index contributed by atoms with van der Waals surface area (Å²) in [5.41, 5.74) is 1.81. The highest BCUT2D eigenvalue weighted by molar-refractivity contribution is 7.07. The van der Waals surface area contributed by atoms with Gasteiger partial charge in [0.15, 0.2) is 0 Å². The zero-order chi connectivity index (χ0) is 17.0. The van der Waals surface area contributed by atoms with E-state index < -0.39 is 18.6 Å². The predicted octanol–water partition coefficient (Wildman–Crippen LogP) is 4.02.